The fourth-order valence-electron chi connectivity index (χ4n) is 2.66. The Hall–Kier alpha value is -2.62. The van der Waals surface area contributed by atoms with Crippen LogP contribution in [0.4, 0.5) is 0 Å². The predicted molar refractivity (Wildman–Crippen MR) is 94.5 cm³/mol. The summed E-state index contributed by atoms with van der Waals surface area (Å²) in [7, 11) is 0. The number of benzene rings is 2. The highest BCUT2D eigenvalue weighted by molar-refractivity contribution is 5.83. The molecule has 3 aromatic rings. The summed E-state index contributed by atoms with van der Waals surface area (Å²) in [6.07, 6.45) is 5.91. The number of rotatable bonds is 6. The summed E-state index contributed by atoms with van der Waals surface area (Å²) < 4.78 is 7.77. The summed E-state index contributed by atoms with van der Waals surface area (Å²) in [5.74, 6) is -0.306. The molecule has 0 spiro atoms. The minimum absolute atomic E-state index is 0.138. The number of imidazole rings is 1. The third kappa shape index (κ3) is 3.82. The molecule has 0 aliphatic carbocycles. The van der Waals surface area contributed by atoms with E-state index in [0.29, 0.717) is 6.42 Å². The van der Waals surface area contributed by atoms with Crippen LogP contribution in [0.1, 0.15) is 31.9 Å². The zero-order chi connectivity index (χ0) is 16.9. The lowest BCUT2D eigenvalue weighted by atomic mass is 10.0. The zero-order valence-corrected chi connectivity index (χ0v) is 14.1. The Bertz CT molecular complexity index is 809. The molecule has 4 heteroatoms. The van der Waals surface area contributed by atoms with Crippen LogP contribution in [0.5, 0.6) is 0 Å². The molecule has 1 heterocycles. The summed E-state index contributed by atoms with van der Waals surface area (Å²) >= 11 is 0. The maximum atomic E-state index is 12.1. The Balaban J connectivity index is 1.84. The highest BCUT2D eigenvalue weighted by atomic mass is 16.5. The van der Waals surface area contributed by atoms with Crippen molar-refractivity contribution in [1.29, 1.82) is 0 Å². The Morgan fingerprint density at radius 2 is 1.96 bits per heavy atom. The number of esters is 1. The van der Waals surface area contributed by atoms with Gasteiger partial charge in [-0.25, -0.2) is 4.98 Å². The molecule has 0 saturated heterocycles. The van der Waals surface area contributed by atoms with Crippen molar-refractivity contribution in [3.05, 3.63) is 66.7 Å². The largest absolute Gasteiger partial charge is 0.457 e. The lowest BCUT2D eigenvalue weighted by Crippen LogP contribution is -2.17. The molecule has 1 aromatic heterocycles. The van der Waals surface area contributed by atoms with Gasteiger partial charge in [-0.3, -0.25) is 4.79 Å². The fraction of sp³-hybridized carbons (Fsp3) is 0.300. The van der Waals surface area contributed by atoms with E-state index in [1.54, 1.807) is 12.5 Å². The number of aromatic nitrogens is 2. The first-order chi connectivity index (χ1) is 11.6. The number of ether oxygens (including phenoxy) is 1. The van der Waals surface area contributed by atoms with Crippen LogP contribution in [-0.4, -0.2) is 15.5 Å². The molecule has 0 aliphatic heterocycles. The van der Waals surface area contributed by atoms with Gasteiger partial charge in [0.05, 0.1) is 12.2 Å². The van der Waals surface area contributed by atoms with Crippen LogP contribution in [0.25, 0.3) is 10.8 Å². The van der Waals surface area contributed by atoms with Crippen LogP contribution >= 0.6 is 0 Å². The van der Waals surface area contributed by atoms with Crippen molar-refractivity contribution in [1.82, 2.24) is 9.55 Å². The van der Waals surface area contributed by atoms with Gasteiger partial charge in [-0.05, 0) is 22.4 Å². The molecule has 0 radical (unpaired) electrons. The Labute approximate surface area is 142 Å². The number of fused-ring (bicyclic) bond motifs is 1. The van der Waals surface area contributed by atoms with E-state index >= 15 is 0 Å². The van der Waals surface area contributed by atoms with Crippen molar-refractivity contribution in [2.45, 2.75) is 32.9 Å². The first-order valence-corrected chi connectivity index (χ1v) is 8.28. The Kier molecular flexibility index (Phi) is 4.94. The highest BCUT2D eigenvalue weighted by Crippen LogP contribution is 2.27. The number of hydrogen-bond donors (Lipinski definition) is 0. The molecule has 3 rings (SSSR count). The van der Waals surface area contributed by atoms with Crippen molar-refractivity contribution in [2.75, 3.05) is 0 Å². The number of carbonyl (C=O) groups excluding carboxylic acids is 1. The summed E-state index contributed by atoms with van der Waals surface area (Å²) in [5.41, 5.74) is 1.03. The minimum Gasteiger partial charge on any atom is -0.457 e. The standard InChI is InChI=1S/C20H22N2O2/c1-15(2)20(23)24-19(9-11-22-12-10-21-14-22)18-8-7-16-5-3-4-6-17(16)13-18/h3-8,10,12-15,19H,9,11H2,1-2H3. The number of hydrogen-bond acceptors (Lipinski definition) is 3. The molecule has 0 aliphatic rings. The van der Waals surface area contributed by atoms with Gasteiger partial charge in [0.1, 0.15) is 6.10 Å². The van der Waals surface area contributed by atoms with Gasteiger partial charge in [-0.2, -0.15) is 0 Å². The second kappa shape index (κ2) is 7.30. The van der Waals surface area contributed by atoms with Crippen molar-refractivity contribution in [2.24, 2.45) is 5.92 Å². The second-order valence-electron chi connectivity index (χ2n) is 6.28. The van der Waals surface area contributed by atoms with Gasteiger partial charge >= 0.3 is 5.97 Å². The lowest BCUT2D eigenvalue weighted by Gasteiger charge is -2.20. The highest BCUT2D eigenvalue weighted by Gasteiger charge is 2.19. The van der Waals surface area contributed by atoms with Crippen LogP contribution in [0.15, 0.2) is 61.2 Å². The summed E-state index contributed by atoms with van der Waals surface area (Å²) in [4.78, 5) is 16.2. The molecule has 0 bridgehead atoms. The topological polar surface area (TPSA) is 44.1 Å². The smallest absolute Gasteiger partial charge is 0.308 e. The van der Waals surface area contributed by atoms with Gasteiger partial charge in [0.15, 0.2) is 0 Å². The van der Waals surface area contributed by atoms with E-state index in [0.717, 1.165) is 17.5 Å². The average molecular weight is 322 g/mol. The third-order valence-electron chi connectivity index (χ3n) is 4.08. The molecule has 0 saturated carbocycles. The quantitative estimate of drug-likeness (QED) is 0.633. The van der Waals surface area contributed by atoms with E-state index in [1.807, 2.05) is 36.7 Å². The molecule has 0 fully saturated rings. The fourth-order valence-corrected chi connectivity index (χ4v) is 2.66. The van der Waals surface area contributed by atoms with Gasteiger partial charge in [0.2, 0.25) is 0 Å². The van der Waals surface area contributed by atoms with Crippen molar-refractivity contribution in [3.8, 4) is 0 Å². The third-order valence-corrected chi connectivity index (χ3v) is 4.08. The van der Waals surface area contributed by atoms with Gasteiger partial charge in [0, 0.05) is 25.4 Å². The first kappa shape index (κ1) is 16.2. The van der Waals surface area contributed by atoms with E-state index < -0.39 is 0 Å². The summed E-state index contributed by atoms with van der Waals surface area (Å²) in [6.45, 7) is 4.47. The maximum absolute atomic E-state index is 12.1. The Morgan fingerprint density at radius 1 is 1.17 bits per heavy atom. The first-order valence-electron chi connectivity index (χ1n) is 8.28. The normalized spacial score (nSPS) is 12.5. The van der Waals surface area contributed by atoms with E-state index in [4.69, 9.17) is 4.74 Å². The van der Waals surface area contributed by atoms with Crippen molar-refractivity contribution >= 4 is 16.7 Å². The average Bonchev–Trinajstić information content (AvgIpc) is 3.11. The summed E-state index contributed by atoms with van der Waals surface area (Å²) in [5, 5.41) is 2.34. The molecular formula is C20H22N2O2. The van der Waals surface area contributed by atoms with Crippen LogP contribution in [0, 0.1) is 5.92 Å². The molecule has 0 N–H and O–H groups in total. The number of aryl methyl sites for hydroxylation is 1. The molecule has 1 unspecified atom stereocenters. The monoisotopic (exact) mass is 322 g/mol. The lowest BCUT2D eigenvalue weighted by molar-refractivity contribution is -0.153. The van der Waals surface area contributed by atoms with Gasteiger partial charge in [-0.1, -0.05) is 50.2 Å². The van der Waals surface area contributed by atoms with Crippen LogP contribution < -0.4 is 0 Å². The van der Waals surface area contributed by atoms with E-state index in [1.165, 1.54) is 5.39 Å². The van der Waals surface area contributed by atoms with Crippen LogP contribution in [0.2, 0.25) is 0 Å². The minimum atomic E-state index is -0.257. The molecule has 24 heavy (non-hydrogen) atoms. The van der Waals surface area contributed by atoms with E-state index in [-0.39, 0.29) is 18.0 Å². The van der Waals surface area contributed by atoms with E-state index in [2.05, 4.69) is 35.3 Å². The van der Waals surface area contributed by atoms with Crippen LogP contribution in [-0.2, 0) is 16.1 Å². The molecule has 0 amide bonds. The van der Waals surface area contributed by atoms with E-state index in [9.17, 15) is 4.79 Å². The number of nitrogens with zero attached hydrogens (tertiary/aromatic N) is 2. The Morgan fingerprint density at radius 3 is 2.67 bits per heavy atom. The van der Waals surface area contributed by atoms with Crippen molar-refractivity contribution < 1.29 is 9.53 Å². The van der Waals surface area contributed by atoms with Gasteiger partial charge < -0.3 is 9.30 Å². The van der Waals surface area contributed by atoms with Crippen LogP contribution in [0.3, 0.4) is 0 Å². The van der Waals surface area contributed by atoms with Gasteiger partial charge in [-0.15, -0.1) is 0 Å². The molecule has 124 valence electrons. The molecular weight excluding hydrogens is 300 g/mol. The summed E-state index contributed by atoms with van der Waals surface area (Å²) in [6, 6.07) is 14.5. The molecule has 1 atom stereocenters. The predicted octanol–water partition coefficient (Wildman–Crippen LogP) is 4.37. The second-order valence-corrected chi connectivity index (χ2v) is 6.28. The molecule has 2 aromatic carbocycles. The van der Waals surface area contributed by atoms with Gasteiger partial charge in [0.25, 0.3) is 0 Å². The van der Waals surface area contributed by atoms with Crippen molar-refractivity contribution in [3.63, 3.8) is 0 Å². The SMILES string of the molecule is CC(C)C(=O)OC(CCn1ccnc1)c1ccc2ccccc2c1. The molecule has 4 nitrogen and oxygen atoms in total. The zero-order valence-electron chi connectivity index (χ0n) is 14.1. The number of carbonyl (C=O) groups is 1. The maximum Gasteiger partial charge on any atom is 0.308 e.